The van der Waals surface area contributed by atoms with E-state index in [0.29, 0.717) is 22.5 Å². The lowest BCUT2D eigenvalue weighted by atomic mass is 10.0. The number of aryl methyl sites for hydroxylation is 1. The lowest BCUT2D eigenvalue weighted by molar-refractivity contribution is -0.120. The normalized spacial score (nSPS) is 14.7. The predicted molar refractivity (Wildman–Crippen MR) is 131 cm³/mol. The minimum absolute atomic E-state index is 0.0328. The van der Waals surface area contributed by atoms with Crippen LogP contribution >= 0.6 is 0 Å². The van der Waals surface area contributed by atoms with Crippen LogP contribution in [-0.2, 0) is 11.3 Å². The molecular formula is C27H23FN4O3. The van der Waals surface area contributed by atoms with Gasteiger partial charge in [-0.05, 0) is 62.7 Å². The minimum Gasteiger partial charge on any atom is -0.348 e. The Kier molecular flexibility index (Phi) is 6.10. The average Bonchev–Trinajstić information content (AvgIpc) is 3.01. The number of benzene rings is 3. The first-order chi connectivity index (χ1) is 16.6. The number of urea groups is 1. The van der Waals surface area contributed by atoms with Crippen molar-refractivity contribution in [1.29, 1.82) is 0 Å². The Morgan fingerprint density at radius 2 is 1.71 bits per heavy atom. The molecule has 0 radical (unpaired) electrons. The summed E-state index contributed by atoms with van der Waals surface area (Å²) < 4.78 is 15.0. The van der Waals surface area contributed by atoms with E-state index >= 15 is 0 Å². The zero-order valence-electron chi connectivity index (χ0n) is 19.5. The van der Waals surface area contributed by atoms with Crippen LogP contribution in [0.4, 0.5) is 26.2 Å². The molecule has 0 spiro atoms. The number of carbonyl (C=O) groups is 3. The largest absolute Gasteiger partial charge is 0.348 e. The molecule has 1 fully saturated rings. The van der Waals surface area contributed by atoms with Crippen LogP contribution in [0.3, 0.4) is 0 Å². The number of carbonyl (C=O) groups excluding carboxylic acids is 3. The third kappa shape index (κ3) is 4.24. The fourth-order valence-corrected chi connectivity index (χ4v) is 4.05. The Morgan fingerprint density at radius 3 is 2.34 bits per heavy atom. The van der Waals surface area contributed by atoms with Gasteiger partial charge in [0.1, 0.15) is 11.4 Å². The van der Waals surface area contributed by atoms with Gasteiger partial charge in [-0.15, -0.1) is 0 Å². The zero-order chi connectivity index (χ0) is 25.3. The number of amides is 4. The molecule has 7 nitrogen and oxygen atoms in total. The highest BCUT2D eigenvalue weighted by molar-refractivity contribution is 6.30. The molecule has 3 aromatic carbocycles. The van der Waals surface area contributed by atoms with Crippen LogP contribution in [0.15, 0.2) is 66.7 Å². The van der Waals surface area contributed by atoms with Gasteiger partial charge >= 0.3 is 6.03 Å². The summed E-state index contributed by atoms with van der Waals surface area (Å²) in [5.41, 5.74) is 1.09. The first kappa shape index (κ1) is 23.6. The summed E-state index contributed by atoms with van der Waals surface area (Å²) in [6.45, 7) is 12.1. The molecule has 1 N–H and O–H groups in total. The van der Waals surface area contributed by atoms with Gasteiger partial charge < -0.3 is 5.32 Å². The van der Waals surface area contributed by atoms with Gasteiger partial charge in [-0.3, -0.25) is 14.5 Å². The maximum Gasteiger partial charge on any atom is 0.336 e. The zero-order valence-corrected chi connectivity index (χ0v) is 19.5. The summed E-state index contributed by atoms with van der Waals surface area (Å²) in [6.07, 6.45) is 0. The highest BCUT2D eigenvalue weighted by Gasteiger charge is 2.52. The summed E-state index contributed by atoms with van der Waals surface area (Å²) in [7, 11) is 0. The highest BCUT2D eigenvalue weighted by Crippen LogP contribution is 2.37. The van der Waals surface area contributed by atoms with E-state index in [1.165, 1.54) is 17.0 Å². The van der Waals surface area contributed by atoms with Crippen LogP contribution in [0.25, 0.3) is 4.85 Å². The Bertz CT molecular complexity index is 1380. The van der Waals surface area contributed by atoms with Crippen molar-refractivity contribution in [1.82, 2.24) is 5.32 Å². The minimum atomic E-state index is -1.26. The van der Waals surface area contributed by atoms with Crippen LogP contribution in [0, 0.1) is 19.3 Å². The van der Waals surface area contributed by atoms with Gasteiger partial charge in [-0.1, -0.05) is 30.3 Å². The van der Waals surface area contributed by atoms with Gasteiger partial charge in [0, 0.05) is 23.4 Å². The molecule has 0 aliphatic carbocycles. The lowest BCUT2D eigenvalue weighted by Gasteiger charge is -2.28. The van der Waals surface area contributed by atoms with E-state index in [-0.39, 0.29) is 23.7 Å². The lowest BCUT2D eigenvalue weighted by Crippen LogP contribution is -2.44. The Hall–Kier alpha value is -4.51. The Morgan fingerprint density at radius 1 is 1.03 bits per heavy atom. The molecule has 1 saturated heterocycles. The number of anilines is 2. The molecule has 4 rings (SSSR count). The summed E-state index contributed by atoms with van der Waals surface area (Å²) in [6, 6.07) is 16.9. The van der Waals surface area contributed by atoms with E-state index < -0.39 is 23.3 Å². The standard InChI is InChI=1S/C27H23FN4O3/c1-17-14-20(12-13-23(17)29-4)31-25(34)27(2,3)32(26(31)35)21-11-10-19(22(28)15-21)16-30-24(33)18-8-6-5-7-9-18/h5-15H,16H2,1-3H3,(H,30,33). The van der Waals surface area contributed by atoms with Crippen LogP contribution in [0.1, 0.15) is 35.3 Å². The van der Waals surface area contributed by atoms with E-state index in [0.717, 1.165) is 4.90 Å². The van der Waals surface area contributed by atoms with Crippen molar-refractivity contribution in [3.8, 4) is 0 Å². The Labute approximate surface area is 202 Å². The molecule has 0 saturated carbocycles. The maximum atomic E-state index is 15.0. The monoisotopic (exact) mass is 470 g/mol. The summed E-state index contributed by atoms with van der Waals surface area (Å²) >= 11 is 0. The average molecular weight is 471 g/mol. The number of rotatable bonds is 5. The molecular weight excluding hydrogens is 447 g/mol. The van der Waals surface area contributed by atoms with Crippen molar-refractivity contribution in [2.75, 3.05) is 9.80 Å². The molecule has 1 aliphatic rings. The Balaban J connectivity index is 1.58. The van der Waals surface area contributed by atoms with Crippen LogP contribution in [-0.4, -0.2) is 23.4 Å². The summed E-state index contributed by atoms with van der Waals surface area (Å²) in [4.78, 5) is 44.5. The third-order valence-electron chi connectivity index (χ3n) is 6.00. The van der Waals surface area contributed by atoms with E-state index in [4.69, 9.17) is 6.57 Å². The van der Waals surface area contributed by atoms with Gasteiger partial charge in [0.15, 0.2) is 5.69 Å². The number of nitrogens with one attached hydrogen (secondary N) is 1. The third-order valence-corrected chi connectivity index (χ3v) is 6.00. The quantitative estimate of drug-likeness (QED) is 0.403. The number of hydrogen-bond donors (Lipinski definition) is 1. The molecule has 0 unspecified atom stereocenters. The van der Waals surface area contributed by atoms with E-state index in [1.54, 1.807) is 75.4 Å². The molecule has 0 aromatic heterocycles. The van der Waals surface area contributed by atoms with Crippen LogP contribution in [0.2, 0.25) is 0 Å². The molecule has 35 heavy (non-hydrogen) atoms. The topological polar surface area (TPSA) is 74.1 Å². The van der Waals surface area contributed by atoms with Gasteiger partial charge in [0.2, 0.25) is 0 Å². The second-order valence-electron chi connectivity index (χ2n) is 8.72. The van der Waals surface area contributed by atoms with Crippen molar-refractivity contribution in [3.05, 3.63) is 101 Å². The number of halogens is 1. The molecule has 1 aliphatic heterocycles. The summed E-state index contributed by atoms with van der Waals surface area (Å²) in [5, 5.41) is 2.68. The number of nitrogens with zero attached hydrogens (tertiary/aromatic N) is 3. The molecule has 1 heterocycles. The number of imide groups is 1. The van der Waals surface area contributed by atoms with E-state index in [1.807, 2.05) is 0 Å². The first-order valence-corrected chi connectivity index (χ1v) is 10.9. The smallest absolute Gasteiger partial charge is 0.336 e. The van der Waals surface area contributed by atoms with Crippen molar-refractivity contribution in [2.45, 2.75) is 32.9 Å². The summed E-state index contributed by atoms with van der Waals surface area (Å²) in [5.74, 6) is -1.40. The highest BCUT2D eigenvalue weighted by atomic mass is 19.1. The first-order valence-electron chi connectivity index (χ1n) is 10.9. The molecule has 8 heteroatoms. The number of hydrogen-bond acceptors (Lipinski definition) is 3. The van der Waals surface area contributed by atoms with Gasteiger partial charge in [-0.25, -0.2) is 18.9 Å². The van der Waals surface area contributed by atoms with Crippen LogP contribution in [0.5, 0.6) is 0 Å². The molecule has 0 bridgehead atoms. The maximum absolute atomic E-state index is 15.0. The fourth-order valence-electron chi connectivity index (χ4n) is 4.05. The molecule has 4 amide bonds. The predicted octanol–water partition coefficient (Wildman–Crippen LogP) is 5.37. The van der Waals surface area contributed by atoms with Gasteiger partial charge in [0.25, 0.3) is 11.8 Å². The fraction of sp³-hybridized carbons (Fsp3) is 0.185. The SMILES string of the molecule is [C-]#[N+]c1ccc(N2C(=O)N(c3ccc(CNC(=O)c4ccccc4)c(F)c3)C(C)(C)C2=O)cc1C. The molecule has 0 atom stereocenters. The molecule has 3 aromatic rings. The second-order valence-corrected chi connectivity index (χ2v) is 8.72. The van der Waals surface area contributed by atoms with E-state index in [9.17, 15) is 18.8 Å². The van der Waals surface area contributed by atoms with Gasteiger partial charge in [-0.2, -0.15) is 0 Å². The van der Waals surface area contributed by atoms with Crippen molar-refractivity contribution < 1.29 is 18.8 Å². The van der Waals surface area contributed by atoms with Crippen molar-refractivity contribution in [3.63, 3.8) is 0 Å². The second kappa shape index (κ2) is 9.03. The van der Waals surface area contributed by atoms with E-state index in [2.05, 4.69) is 10.2 Å². The van der Waals surface area contributed by atoms with Crippen molar-refractivity contribution in [2.24, 2.45) is 0 Å². The van der Waals surface area contributed by atoms with Crippen LogP contribution < -0.4 is 15.1 Å². The van der Waals surface area contributed by atoms with Crippen molar-refractivity contribution >= 4 is 34.9 Å². The van der Waals surface area contributed by atoms with Gasteiger partial charge in [0.05, 0.1) is 12.3 Å². The molecule has 176 valence electrons.